The number of nitrogens with zero attached hydrogens (tertiary/aromatic N) is 1. The summed E-state index contributed by atoms with van der Waals surface area (Å²) in [6.45, 7) is 10.7. The minimum Gasteiger partial charge on any atom is -0.456 e. The number of hydrogen-bond acceptors (Lipinski definition) is 2. The first-order valence-corrected chi connectivity index (χ1v) is 8.87. The number of furan rings is 1. The third-order valence-corrected chi connectivity index (χ3v) is 4.44. The van der Waals surface area contributed by atoms with Crippen LogP contribution in [0.4, 0.5) is 0 Å². The Morgan fingerprint density at radius 1 is 1.12 bits per heavy atom. The van der Waals surface area contributed by atoms with E-state index in [1.54, 1.807) is 6.33 Å². The summed E-state index contributed by atoms with van der Waals surface area (Å²) in [5.74, 6) is 0.873. The Bertz CT molecular complexity index is 901. The molecule has 2 heterocycles. The predicted molar refractivity (Wildman–Crippen MR) is 107 cm³/mol. The summed E-state index contributed by atoms with van der Waals surface area (Å²) in [5.41, 5.74) is 6.70. The summed E-state index contributed by atoms with van der Waals surface area (Å²) in [7, 11) is 0. The fourth-order valence-electron chi connectivity index (χ4n) is 2.95. The second kappa shape index (κ2) is 7.56. The maximum absolute atomic E-state index is 5.98. The molecule has 0 radical (unpaired) electrons. The third-order valence-electron chi connectivity index (χ3n) is 4.44. The lowest BCUT2D eigenvalue weighted by atomic mass is 10.1. The Morgan fingerprint density at radius 2 is 1.92 bits per heavy atom. The quantitative estimate of drug-likeness (QED) is 0.483. The molecule has 1 N–H and O–H groups in total. The van der Waals surface area contributed by atoms with Gasteiger partial charge in [-0.25, -0.2) is 4.98 Å². The molecule has 0 atom stereocenters. The number of imidazole rings is 1. The van der Waals surface area contributed by atoms with Crippen molar-refractivity contribution in [2.75, 3.05) is 0 Å². The highest BCUT2D eigenvalue weighted by molar-refractivity contribution is 5.93. The first-order valence-electron chi connectivity index (χ1n) is 8.87. The first kappa shape index (κ1) is 17.3. The Morgan fingerprint density at radius 3 is 2.72 bits per heavy atom. The predicted octanol–water partition coefficient (Wildman–Crippen LogP) is 6.80. The van der Waals surface area contributed by atoms with Gasteiger partial charge in [-0.05, 0) is 64.2 Å². The molecule has 3 heteroatoms. The van der Waals surface area contributed by atoms with Crippen LogP contribution >= 0.6 is 0 Å². The fourth-order valence-corrected chi connectivity index (χ4v) is 2.95. The Labute approximate surface area is 149 Å². The van der Waals surface area contributed by atoms with Crippen LogP contribution in [0.25, 0.3) is 27.6 Å². The van der Waals surface area contributed by atoms with E-state index in [2.05, 4.69) is 61.6 Å². The SMILES string of the molecule is C=C(CC/C=C(\C)CCC=C(C)C)c1cc2cc3nc[nH]c3cc2o1. The molecule has 3 rings (SSSR count). The van der Waals surface area contributed by atoms with E-state index in [9.17, 15) is 0 Å². The van der Waals surface area contributed by atoms with Crippen molar-refractivity contribution < 1.29 is 4.42 Å². The highest BCUT2D eigenvalue weighted by Gasteiger charge is 2.09. The van der Waals surface area contributed by atoms with Crippen LogP contribution < -0.4 is 0 Å². The summed E-state index contributed by atoms with van der Waals surface area (Å²) in [6, 6.07) is 6.12. The molecular formula is C22H26N2O. The topological polar surface area (TPSA) is 41.8 Å². The largest absolute Gasteiger partial charge is 0.456 e. The smallest absolute Gasteiger partial charge is 0.137 e. The molecule has 0 spiro atoms. The molecule has 3 nitrogen and oxygen atoms in total. The van der Waals surface area contributed by atoms with Crippen LogP contribution in [0.5, 0.6) is 0 Å². The molecule has 0 amide bonds. The lowest BCUT2D eigenvalue weighted by molar-refractivity contribution is 0.596. The molecule has 2 aromatic heterocycles. The van der Waals surface area contributed by atoms with Crippen molar-refractivity contribution >= 4 is 27.6 Å². The zero-order chi connectivity index (χ0) is 17.8. The van der Waals surface area contributed by atoms with Crippen LogP contribution in [0.1, 0.15) is 52.2 Å². The van der Waals surface area contributed by atoms with Crippen LogP contribution in [-0.2, 0) is 0 Å². The van der Waals surface area contributed by atoms with Gasteiger partial charge < -0.3 is 9.40 Å². The number of rotatable bonds is 7. The van der Waals surface area contributed by atoms with E-state index < -0.39 is 0 Å². The normalized spacial score (nSPS) is 12.0. The number of allylic oxidation sites excluding steroid dienone is 5. The number of benzene rings is 1. The summed E-state index contributed by atoms with van der Waals surface area (Å²) < 4.78 is 5.98. The average molecular weight is 334 g/mol. The number of aromatic nitrogens is 2. The van der Waals surface area contributed by atoms with E-state index in [1.807, 2.05) is 6.07 Å². The van der Waals surface area contributed by atoms with Crippen LogP contribution in [0.3, 0.4) is 0 Å². The molecular weight excluding hydrogens is 308 g/mol. The lowest BCUT2D eigenvalue weighted by Crippen LogP contribution is -1.81. The monoisotopic (exact) mass is 334 g/mol. The average Bonchev–Trinajstić information content (AvgIpc) is 3.17. The van der Waals surface area contributed by atoms with Gasteiger partial charge in [0.25, 0.3) is 0 Å². The zero-order valence-electron chi connectivity index (χ0n) is 15.4. The summed E-state index contributed by atoms with van der Waals surface area (Å²) in [6.07, 6.45) is 10.5. The van der Waals surface area contributed by atoms with Gasteiger partial charge in [0.2, 0.25) is 0 Å². The van der Waals surface area contributed by atoms with Crippen LogP contribution in [0.2, 0.25) is 0 Å². The summed E-state index contributed by atoms with van der Waals surface area (Å²) in [4.78, 5) is 7.41. The number of hydrogen-bond donors (Lipinski definition) is 1. The molecule has 1 aromatic carbocycles. The lowest BCUT2D eigenvalue weighted by Gasteiger charge is -2.02. The fraction of sp³-hybridized carbons (Fsp3) is 0.318. The van der Waals surface area contributed by atoms with Gasteiger partial charge in [-0.2, -0.15) is 0 Å². The van der Waals surface area contributed by atoms with Gasteiger partial charge in [-0.1, -0.05) is 29.9 Å². The van der Waals surface area contributed by atoms with Crippen LogP contribution in [-0.4, -0.2) is 9.97 Å². The molecule has 0 saturated carbocycles. The highest BCUT2D eigenvalue weighted by atomic mass is 16.3. The molecule has 0 saturated heterocycles. The van der Waals surface area contributed by atoms with E-state index in [-0.39, 0.29) is 0 Å². The molecule has 25 heavy (non-hydrogen) atoms. The summed E-state index contributed by atoms with van der Waals surface area (Å²) in [5, 5.41) is 1.07. The third kappa shape index (κ3) is 4.30. The molecule has 0 bridgehead atoms. The molecule has 0 fully saturated rings. The van der Waals surface area contributed by atoms with Crippen molar-refractivity contribution in [3.8, 4) is 0 Å². The molecule has 0 aliphatic carbocycles. The van der Waals surface area contributed by atoms with Crippen LogP contribution in [0.15, 0.2) is 58.8 Å². The standard InChI is InChI=1S/C22H26N2O/c1-15(2)7-5-8-16(3)9-6-10-17(4)21-12-18-11-19-20(24-14-23-19)13-22(18)25-21/h7,9,11-14H,4-6,8,10H2,1-3H3,(H,23,24)/b16-9+. The molecule has 0 unspecified atom stereocenters. The van der Waals surface area contributed by atoms with E-state index in [1.165, 1.54) is 11.1 Å². The first-order chi connectivity index (χ1) is 12.0. The molecule has 3 aromatic rings. The van der Waals surface area contributed by atoms with E-state index in [0.717, 1.165) is 59.0 Å². The van der Waals surface area contributed by atoms with Crippen molar-refractivity contribution in [2.45, 2.75) is 46.5 Å². The number of nitrogens with one attached hydrogen (secondary N) is 1. The second-order valence-electron chi connectivity index (χ2n) is 6.93. The molecule has 0 aliphatic rings. The zero-order valence-corrected chi connectivity index (χ0v) is 15.4. The van der Waals surface area contributed by atoms with Crippen molar-refractivity contribution in [2.24, 2.45) is 0 Å². The summed E-state index contributed by atoms with van der Waals surface area (Å²) >= 11 is 0. The Kier molecular flexibility index (Phi) is 5.22. The second-order valence-corrected chi connectivity index (χ2v) is 6.93. The number of fused-ring (bicyclic) bond motifs is 2. The van der Waals surface area contributed by atoms with Gasteiger partial charge in [-0.15, -0.1) is 0 Å². The van der Waals surface area contributed by atoms with Gasteiger partial charge in [0.15, 0.2) is 0 Å². The Balaban J connectivity index is 1.61. The molecule has 0 aliphatic heterocycles. The van der Waals surface area contributed by atoms with Crippen LogP contribution in [0, 0.1) is 0 Å². The van der Waals surface area contributed by atoms with E-state index >= 15 is 0 Å². The maximum atomic E-state index is 5.98. The van der Waals surface area contributed by atoms with Crippen molar-refractivity contribution in [1.82, 2.24) is 9.97 Å². The number of aromatic amines is 1. The Hall–Kier alpha value is -2.55. The van der Waals surface area contributed by atoms with Gasteiger partial charge in [-0.3, -0.25) is 0 Å². The van der Waals surface area contributed by atoms with Gasteiger partial charge in [0.1, 0.15) is 11.3 Å². The van der Waals surface area contributed by atoms with Crippen molar-refractivity contribution in [3.63, 3.8) is 0 Å². The van der Waals surface area contributed by atoms with Crippen molar-refractivity contribution in [3.05, 3.63) is 60.2 Å². The van der Waals surface area contributed by atoms with E-state index in [4.69, 9.17) is 4.42 Å². The van der Waals surface area contributed by atoms with Gasteiger partial charge in [0.05, 0.1) is 17.4 Å². The van der Waals surface area contributed by atoms with Crippen molar-refractivity contribution in [1.29, 1.82) is 0 Å². The highest BCUT2D eigenvalue weighted by Crippen LogP contribution is 2.29. The minimum atomic E-state index is 0.873. The number of H-pyrrole nitrogens is 1. The maximum Gasteiger partial charge on any atom is 0.137 e. The van der Waals surface area contributed by atoms with Gasteiger partial charge in [0, 0.05) is 11.5 Å². The minimum absolute atomic E-state index is 0.873. The van der Waals surface area contributed by atoms with E-state index in [0.29, 0.717) is 0 Å². The van der Waals surface area contributed by atoms with Gasteiger partial charge >= 0.3 is 0 Å². The molecule has 130 valence electrons.